The molecule has 0 unspecified atom stereocenters. The van der Waals surface area contributed by atoms with Gasteiger partial charge in [-0.3, -0.25) is 4.79 Å². The first kappa shape index (κ1) is 20.1. The molecule has 0 fully saturated rings. The van der Waals surface area contributed by atoms with E-state index in [4.69, 9.17) is 4.74 Å². The zero-order valence-corrected chi connectivity index (χ0v) is 16.8. The van der Waals surface area contributed by atoms with E-state index in [0.29, 0.717) is 18.1 Å². The van der Waals surface area contributed by atoms with Crippen LogP contribution in [0.1, 0.15) is 16.1 Å². The number of hydrogen-bond acceptors (Lipinski definition) is 6. The van der Waals surface area contributed by atoms with Gasteiger partial charge in [-0.1, -0.05) is 18.2 Å². The van der Waals surface area contributed by atoms with Crippen LogP contribution >= 0.6 is 0 Å². The molecule has 2 N–H and O–H groups in total. The Hall–Kier alpha value is -3.61. The van der Waals surface area contributed by atoms with Crippen molar-refractivity contribution in [2.24, 2.45) is 0 Å². The van der Waals surface area contributed by atoms with Crippen molar-refractivity contribution in [2.75, 3.05) is 43.3 Å². The quantitative estimate of drug-likeness (QED) is 0.612. The minimum atomic E-state index is -0.296. The number of amides is 1. The molecule has 150 valence electrons. The fourth-order valence-corrected chi connectivity index (χ4v) is 2.81. The second-order valence-electron chi connectivity index (χ2n) is 6.67. The molecular formula is C22H25N5O2. The molecule has 0 saturated heterocycles. The number of benzene rings is 2. The van der Waals surface area contributed by atoms with E-state index in [1.54, 1.807) is 13.3 Å². The van der Waals surface area contributed by atoms with Crippen LogP contribution in [0.5, 0.6) is 5.75 Å². The van der Waals surface area contributed by atoms with Gasteiger partial charge in [-0.25, -0.2) is 9.97 Å². The van der Waals surface area contributed by atoms with E-state index in [-0.39, 0.29) is 11.6 Å². The molecule has 2 aromatic carbocycles. The second kappa shape index (κ2) is 9.54. The summed E-state index contributed by atoms with van der Waals surface area (Å²) in [5.41, 5.74) is 3.15. The van der Waals surface area contributed by atoms with Gasteiger partial charge in [0.2, 0.25) is 0 Å². The number of para-hydroxylation sites is 1. The van der Waals surface area contributed by atoms with Gasteiger partial charge in [0.1, 0.15) is 17.3 Å². The lowest BCUT2D eigenvalue weighted by molar-refractivity contribution is 0.102. The van der Waals surface area contributed by atoms with E-state index in [0.717, 1.165) is 23.4 Å². The van der Waals surface area contributed by atoms with Gasteiger partial charge in [0.15, 0.2) is 0 Å². The van der Waals surface area contributed by atoms with E-state index < -0.39 is 0 Å². The highest BCUT2D eigenvalue weighted by atomic mass is 16.5. The summed E-state index contributed by atoms with van der Waals surface area (Å²) in [5, 5.41) is 6.04. The summed E-state index contributed by atoms with van der Waals surface area (Å²) in [4.78, 5) is 22.8. The third kappa shape index (κ3) is 5.44. The first-order chi connectivity index (χ1) is 14.1. The molecule has 0 spiro atoms. The summed E-state index contributed by atoms with van der Waals surface area (Å²) in [6.07, 6.45) is 3.82. The Kier molecular flexibility index (Phi) is 6.63. The number of carbonyl (C=O) groups is 1. The number of methoxy groups -OCH3 is 1. The number of anilines is 3. The second-order valence-corrected chi connectivity index (χ2v) is 6.67. The number of ether oxygens (including phenoxy) is 1. The Bertz CT molecular complexity index is 940. The van der Waals surface area contributed by atoms with Gasteiger partial charge in [-0.15, -0.1) is 0 Å². The van der Waals surface area contributed by atoms with Crippen molar-refractivity contribution in [3.05, 3.63) is 72.2 Å². The standard InChI is InChI=1S/C22H25N5O2/c1-27(2)18-10-8-17(9-11-18)26-22(28)19-14-25-21(15-24-19)23-13-12-16-6-4-5-7-20(16)29-3/h4-11,14-15H,12-13H2,1-3H3,(H,23,25)(H,26,28). The smallest absolute Gasteiger partial charge is 0.275 e. The number of nitrogens with one attached hydrogen (secondary N) is 2. The Morgan fingerprint density at radius 3 is 2.45 bits per heavy atom. The number of carbonyl (C=O) groups excluding carboxylic acids is 1. The molecule has 7 heteroatoms. The largest absolute Gasteiger partial charge is 0.496 e. The average molecular weight is 391 g/mol. The molecule has 0 aliphatic rings. The summed E-state index contributed by atoms with van der Waals surface area (Å²) in [5.74, 6) is 1.19. The van der Waals surface area contributed by atoms with Crippen molar-refractivity contribution in [1.82, 2.24) is 9.97 Å². The molecule has 0 atom stereocenters. The highest BCUT2D eigenvalue weighted by Crippen LogP contribution is 2.18. The predicted octanol–water partition coefficient (Wildman–Crippen LogP) is 3.46. The monoisotopic (exact) mass is 391 g/mol. The Morgan fingerprint density at radius 1 is 1.03 bits per heavy atom. The Balaban J connectivity index is 1.53. The zero-order valence-electron chi connectivity index (χ0n) is 16.8. The van der Waals surface area contributed by atoms with Crippen LogP contribution in [-0.2, 0) is 6.42 Å². The van der Waals surface area contributed by atoms with Crippen molar-refractivity contribution < 1.29 is 9.53 Å². The van der Waals surface area contributed by atoms with Crippen molar-refractivity contribution in [1.29, 1.82) is 0 Å². The minimum Gasteiger partial charge on any atom is -0.496 e. The molecule has 29 heavy (non-hydrogen) atoms. The van der Waals surface area contributed by atoms with E-state index in [9.17, 15) is 4.79 Å². The number of hydrogen-bond donors (Lipinski definition) is 2. The van der Waals surface area contributed by atoms with Crippen LogP contribution in [0.4, 0.5) is 17.2 Å². The third-order valence-electron chi connectivity index (χ3n) is 4.42. The minimum absolute atomic E-state index is 0.261. The van der Waals surface area contributed by atoms with E-state index in [2.05, 4.69) is 20.6 Å². The van der Waals surface area contributed by atoms with Gasteiger partial charge in [-0.05, 0) is 42.3 Å². The van der Waals surface area contributed by atoms with Crippen molar-refractivity contribution in [2.45, 2.75) is 6.42 Å². The third-order valence-corrected chi connectivity index (χ3v) is 4.42. The molecule has 0 aliphatic carbocycles. The molecule has 1 aromatic heterocycles. The molecule has 1 heterocycles. The summed E-state index contributed by atoms with van der Waals surface area (Å²) in [7, 11) is 5.60. The molecule has 0 radical (unpaired) electrons. The lowest BCUT2D eigenvalue weighted by Gasteiger charge is -2.13. The average Bonchev–Trinajstić information content (AvgIpc) is 2.75. The lowest BCUT2D eigenvalue weighted by Crippen LogP contribution is -2.15. The molecule has 1 amide bonds. The van der Waals surface area contributed by atoms with Gasteiger partial charge in [0.25, 0.3) is 5.91 Å². The fraction of sp³-hybridized carbons (Fsp3) is 0.227. The number of nitrogens with zero attached hydrogens (tertiary/aromatic N) is 3. The van der Waals surface area contributed by atoms with Crippen LogP contribution in [-0.4, -0.2) is 43.6 Å². The zero-order chi connectivity index (χ0) is 20.6. The van der Waals surface area contributed by atoms with E-state index in [1.807, 2.05) is 67.5 Å². The highest BCUT2D eigenvalue weighted by Gasteiger charge is 2.09. The highest BCUT2D eigenvalue weighted by molar-refractivity contribution is 6.02. The van der Waals surface area contributed by atoms with Gasteiger partial charge >= 0.3 is 0 Å². The number of rotatable bonds is 8. The first-order valence-electron chi connectivity index (χ1n) is 9.33. The maximum absolute atomic E-state index is 12.4. The maximum atomic E-state index is 12.4. The molecule has 3 rings (SSSR count). The van der Waals surface area contributed by atoms with Crippen molar-refractivity contribution >= 4 is 23.1 Å². The molecule has 0 aliphatic heterocycles. The van der Waals surface area contributed by atoms with E-state index in [1.165, 1.54) is 6.20 Å². The predicted molar refractivity (Wildman–Crippen MR) is 116 cm³/mol. The van der Waals surface area contributed by atoms with Gasteiger partial charge in [-0.2, -0.15) is 0 Å². The maximum Gasteiger partial charge on any atom is 0.275 e. The molecule has 0 bridgehead atoms. The van der Waals surface area contributed by atoms with E-state index >= 15 is 0 Å². The summed E-state index contributed by atoms with van der Waals surface area (Å²) < 4.78 is 5.35. The van der Waals surface area contributed by atoms with Crippen LogP contribution in [0.15, 0.2) is 60.9 Å². The van der Waals surface area contributed by atoms with Gasteiger partial charge in [0, 0.05) is 32.0 Å². The summed E-state index contributed by atoms with van der Waals surface area (Å²) in [6.45, 7) is 0.679. The molecule has 3 aromatic rings. The number of aromatic nitrogens is 2. The Morgan fingerprint density at radius 2 is 1.79 bits per heavy atom. The molecule has 7 nitrogen and oxygen atoms in total. The van der Waals surface area contributed by atoms with Gasteiger partial charge in [0.05, 0.1) is 19.5 Å². The van der Waals surface area contributed by atoms with Crippen molar-refractivity contribution in [3.63, 3.8) is 0 Å². The first-order valence-corrected chi connectivity index (χ1v) is 9.33. The van der Waals surface area contributed by atoms with Crippen LogP contribution in [0.3, 0.4) is 0 Å². The lowest BCUT2D eigenvalue weighted by atomic mass is 10.1. The van der Waals surface area contributed by atoms with Crippen LogP contribution in [0.25, 0.3) is 0 Å². The van der Waals surface area contributed by atoms with Crippen molar-refractivity contribution in [3.8, 4) is 5.75 Å². The van der Waals surface area contributed by atoms with Gasteiger partial charge < -0.3 is 20.3 Å². The Labute approximate surface area is 170 Å². The molecular weight excluding hydrogens is 366 g/mol. The topological polar surface area (TPSA) is 79.4 Å². The molecule has 0 saturated carbocycles. The van der Waals surface area contributed by atoms with Crippen LogP contribution in [0, 0.1) is 0 Å². The van der Waals surface area contributed by atoms with Crippen LogP contribution in [0.2, 0.25) is 0 Å². The van der Waals surface area contributed by atoms with Crippen LogP contribution < -0.4 is 20.3 Å². The SMILES string of the molecule is COc1ccccc1CCNc1cnc(C(=O)Nc2ccc(N(C)C)cc2)cn1. The fourth-order valence-electron chi connectivity index (χ4n) is 2.81. The summed E-state index contributed by atoms with van der Waals surface area (Å²) in [6, 6.07) is 15.5. The summed E-state index contributed by atoms with van der Waals surface area (Å²) >= 11 is 0. The normalized spacial score (nSPS) is 10.3.